The van der Waals surface area contributed by atoms with Crippen LogP contribution in [0.2, 0.25) is 0 Å². The van der Waals surface area contributed by atoms with Crippen molar-refractivity contribution in [3.8, 4) is 5.75 Å². The van der Waals surface area contributed by atoms with Crippen molar-refractivity contribution in [2.24, 2.45) is 0 Å². The second kappa shape index (κ2) is 6.58. The van der Waals surface area contributed by atoms with Gasteiger partial charge in [-0.05, 0) is 50.8 Å². The molecule has 2 N–H and O–H groups in total. The van der Waals surface area contributed by atoms with E-state index in [2.05, 4.69) is 5.32 Å². The number of carbonyl (C=O) groups is 2. The maximum atomic E-state index is 12.1. The van der Waals surface area contributed by atoms with E-state index in [0.717, 1.165) is 35.8 Å². The Bertz CT molecular complexity index is 914. The van der Waals surface area contributed by atoms with Crippen LogP contribution < -0.4 is 15.7 Å². The number of hydrogen-bond donors (Lipinski definition) is 2. The van der Waals surface area contributed by atoms with Gasteiger partial charge in [0.1, 0.15) is 17.4 Å². The number of rotatable bonds is 5. The predicted molar refractivity (Wildman–Crippen MR) is 90.0 cm³/mol. The summed E-state index contributed by atoms with van der Waals surface area (Å²) < 4.78 is 10.9. The smallest absolute Gasteiger partial charge is 0.339 e. The molecule has 1 amide bonds. The highest BCUT2D eigenvalue weighted by molar-refractivity contribution is 5.87. The maximum Gasteiger partial charge on any atom is 0.339 e. The average Bonchev–Trinajstić information content (AvgIpc) is 3.05. The Morgan fingerprint density at radius 1 is 1.32 bits per heavy atom. The van der Waals surface area contributed by atoms with Crippen LogP contribution in [0.25, 0.3) is 11.0 Å². The lowest BCUT2D eigenvalue weighted by Crippen LogP contribution is -2.40. The molecule has 1 heterocycles. The normalized spacial score (nSPS) is 14.2. The van der Waals surface area contributed by atoms with Crippen LogP contribution in [0.15, 0.2) is 21.3 Å². The summed E-state index contributed by atoms with van der Waals surface area (Å²) in [6.07, 6.45) is 2.54. The quantitative estimate of drug-likeness (QED) is 0.797. The van der Waals surface area contributed by atoms with Gasteiger partial charge in [0.15, 0.2) is 6.61 Å². The number of amides is 1. The molecule has 1 aromatic heterocycles. The zero-order chi connectivity index (χ0) is 18.1. The topological polar surface area (TPSA) is 106 Å². The number of ether oxygens (including phenoxy) is 1. The zero-order valence-electron chi connectivity index (χ0n) is 14.0. The van der Waals surface area contributed by atoms with Gasteiger partial charge in [0.05, 0.1) is 0 Å². The number of aryl methyl sites for hydroxylation is 2. The van der Waals surface area contributed by atoms with Crippen molar-refractivity contribution in [2.75, 3.05) is 6.61 Å². The molecule has 25 heavy (non-hydrogen) atoms. The van der Waals surface area contributed by atoms with Crippen molar-refractivity contribution < 1.29 is 23.8 Å². The molecule has 1 aliphatic carbocycles. The lowest BCUT2D eigenvalue weighted by molar-refractivity contribution is -0.141. The molecule has 1 aliphatic rings. The van der Waals surface area contributed by atoms with Crippen molar-refractivity contribution in [1.29, 1.82) is 0 Å². The van der Waals surface area contributed by atoms with Crippen LogP contribution in [0.3, 0.4) is 0 Å². The molecule has 1 unspecified atom stereocenters. The lowest BCUT2D eigenvalue weighted by atomic mass is 10.0. The Hall–Kier alpha value is -2.83. The summed E-state index contributed by atoms with van der Waals surface area (Å²) in [6, 6.07) is 2.58. The molecule has 2 aromatic rings. The molecule has 7 nitrogen and oxygen atoms in total. The van der Waals surface area contributed by atoms with Crippen molar-refractivity contribution >= 4 is 22.8 Å². The lowest BCUT2D eigenvalue weighted by Gasteiger charge is -2.13. The van der Waals surface area contributed by atoms with E-state index >= 15 is 0 Å². The van der Waals surface area contributed by atoms with Crippen LogP contribution in [0.1, 0.15) is 30.0 Å². The summed E-state index contributed by atoms with van der Waals surface area (Å²) in [5.74, 6) is -1.23. The SMILES string of the molecule is Cc1c(OCC(=O)NC(C)C(=O)O)ccc2c3c(c(=O)oc12)CCC3. The minimum atomic E-state index is -1.12. The maximum absolute atomic E-state index is 12.1. The van der Waals surface area contributed by atoms with Gasteiger partial charge in [-0.3, -0.25) is 9.59 Å². The number of nitrogens with one attached hydrogen (secondary N) is 1. The number of carbonyl (C=O) groups excluding carboxylic acids is 1. The largest absolute Gasteiger partial charge is 0.483 e. The Labute approximate surface area is 143 Å². The van der Waals surface area contributed by atoms with E-state index in [1.54, 1.807) is 13.0 Å². The number of hydrogen-bond acceptors (Lipinski definition) is 5. The molecule has 0 saturated carbocycles. The summed E-state index contributed by atoms with van der Waals surface area (Å²) >= 11 is 0. The van der Waals surface area contributed by atoms with Gasteiger partial charge in [-0.1, -0.05) is 0 Å². The molecule has 0 fully saturated rings. The number of carboxylic acid groups (broad SMARTS) is 1. The Kier molecular flexibility index (Phi) is 4.48. The van der Waals surface area contributed by atoms with Crippen LogP contribution in [0.4, 0.5) is 0 Å². The van der Waals surface area contributed by atoms with E-state index in [-0.39, 0.29) is 12.2 Å². The average molecular weight is 345 g/mol. The summed E-state index contributed by atoms with van der Waals surface area (Å²) in [5.41, 5.74) is 2.59. The minimum Gasteiger partial charge on any atom is -0.483 e. The molecule has 0 bridgehead atoms. The first-order chi connectivity index (χ1) is 11.9. The van der Waals surface area contributed by atoms with Crippen molar-refractivity contribution in [2.45, 2.75) is 39.2 Å². The molecule has 0 spiro atoms. The van der Waals surface area contributed by atoms with E-state index < -0.39 is 17.9 Å². The fraction of sp³-hybridized carbons (Fsp3) is 0.389. The van der Waals surface area contributed by atoms with E-state index in [9.17, 15) is 14.4 Å². The first kappa shape index (κ1) is 17.0. The third-order valence-corrected chi connectivity index (χ3v) is 4.45. The van der Waals surface area contributed by atoms with Crippen LogP contribution in [-0.2, 0) is 22.4 Å². The number of fused-ring (bicyclic) bond motifs is 3. The third kappa shape index (κ3) is 3.22. The Balaban J connectivity index is 1.83. The van der Waals surface area contributed by atoms with Crippen LogP contribution >= 0.6 is 0 Å². The van der Waals surface area contributed by atoms with E-state index in [0.29, 0.717) is 16.9 Å². The number of benzene rings is 1. The zero-order valence-corrected chi connectivity index (χ0v) is 14.0. The molecule has 3 rings (SSSR count). The first-order valence-corrected chi connectivity index (χ1v) is 8.11. The van der Waals surface area contributed by atoms with Gasteiger partial charge in [-0.25, -0.2) is 4.79 Å². The predicted octanol–water partition coefficient (Wildman–Crippen LogP) is 1.56. The highest BCUT2D eigenvalue weighted by atomic mass is 16.5. The van der Waals surface area contributed by atoms with E-state index in [4.69, 9.17) is 14.3 Å². The number of carboxylic acids is 1. The molecule has 7 heteroatoms. The van der Waals surface area contributed by atoms with Gasteiger partial charge in [0.25, 0.3) is 5.91 Å². The van der Waals surface area contributed by atoms with Crippen LogP contribution in [0, 0.1) is 6.92 Å². The molecule has 0 saturated heterocycles. The van der Waals surface area contributed by atoms with Crippen molar-refractivity contribution in [1.82, 2.24) is 5.32 Å². The first-order valence-electron chi connectivity index (χ1n) is 8.11. The molecular formula is C18H19NO6. The van der Waals surface area contributed by atoms with Crippen LogP contribution in [0.5, 0.6) is 5.75 Å². The van der Waals surface area contributed by atoms with Gasteiger partial charge >= 0.3 is 11.6 Å². The fourth-order valence-corrected chi connectivity index (χ4v) is 3.11. The third-order valence-electron chi connectivity index (χ3n) is 4.45. The van der Waals surface area contributed by atoms with Gasteiger partial charge in [0, 0.05) is 16.5 Å². The van der Waals surface area contributed by atoms with Crippen molar-refractivity contribution in [3.05, 3.63) is 39.2 Å². The van der Waals surface area contributed by atoms with Crippen molar-refractivity contribution in [3.63, 3.8) is 0 Å². The number of aliphatic carboxylic acids is 1. The monoisotopic (exact) mass is 345 g/mol. The summed E-state index contributed by atoms with van der Waals surface area (Å²) in [5, 5.41) is 12.0. The van der Waals surface area contributed by atoms with Gasteiger partial charge in [0.2, 0.25) is 0 Å². The molecule has 1 atom stereocenters. The van der Waals surface area contributed by atoms with E-state index in [1.165, 1.54) is 6.92 Å². The summed E-state index contributed by atoms with van der Waals surface area (Å²) in [7, 11) is 0. The highest BCUT2D eigenvalue weighted by Crippen LogP contribution is 2.32. The van der Waals surface area contributed by atoms with Crippen LogP contribution in [-0.4, -0.2) is 29.6 Å². The molecular weight excluding hydrogens is 326 g/mol. The molecule has 0 aliphatic heterocycles. The van der Waals surface area contributed by atoms with Gasteiger partial charge in [-0.15, -0.1) is 0 Å². The van der Waals surface area contributed by atoms with Gasteiger partial charge < -0.3 is 19.6 Å². The Morgan fingerprint density at radius 2 is 2.04 bits per heavy atom. The summed E-state index contributed by atoms with van der Waals surface area (Å²) in [6.45, 7) is 2.82. The molecule has 0 radical (unpaired) electrons. The fourth-order valence-electron chi connectivity index (χ4n) is 3.11. The van der Waals surface area contributed by atoms with Gasteiger partial charge in [-0.2, -0.15) is 0 Å². The summed E-state index contributed by atoms with van der Waals surface area (Å²) in [4.78, 5) is 34.6. The standard InChI is InChI=1S/C18H19NO6/c1-9-14(24-8-15(20)19-10(2)17(21)22)7-6-12-11-4-3-5-13(11)18(23)25-16(9)12/h6-7,10H,3-5,8H2,1-2H3,(H,19,20)(H,21,22). The Morgan fingerprint density at radius 3 is 2.76 bits per heavy atom. The molecule has 1 aromatic carbocycles. The minimum absolute atomic E-state index is 0.312. The highest BCUT2D eigenvalue weighted by Gasteiger charge is 2.21. The van der Waals surface area contributed by atoms with E-state index in [1.807, 2.05) is 6.07 Å². The molecule has 132 valence electrons. The second-order valence-corrected chi connectivity index (χ2v) is 6.18. The second-order valence-electron chi connectivity index (χ2n) is 6.18.